The van der Waals surface area contributed by atoms with Crippen LogP contribution in [-0.2, 0) is 16.5 Å². The Hall–Kier alpha value is -4.35. The highest BCUT2D eigenvalue weighted by Crippen LogP contribution is 2.34. The van der Waals surface area contributed by atoms with Crippen LogP contribution in [0.25, 0.3) is 11.1 Å². The van der Waals surface area contributed by atoms with Crippen LogP contribution >= 0.6 is 0 Å². The van der Waals surface area contributed by atoms with E-state index in [4.69, 9.17) is 13.7 Å². The molecule has 0 saturated heterocycles. The van der Waals surface area contributed by atoms with E-state index in [2.05, 4.69) is 57.2 Å². The summed E-state index contributed by atoms with van der Waals surface area (Å²) in [6.45, 7) is 6.59. The first-order valence-electron chi connectivity index (χ1n) is 13.1. The molecule has 0 bridgehead atoms. The Bertz CT molecular complexity index is 1570. The summed E-state index contributed by atoms with van der Waals surface area (Å²) in [6.07, 6.45) is 0. The van der Waals surface area contributed by atoms with Crippen molar-refractivity contribution >= 4 is 11.1 Å². The number of methoxy groups -OCH3 is 1. The van der Waals surface area contributed by atoms with Gasteiger partial charge in [0.1, 0.15) is 23.0 Å². The highest BCUT2D eigenvalue weighted by molar-refractivity contribution is 7.80. The molecule has 1 atom stereocenters. The zero-order valence-electron chi connectivity index (χ0n) is 23.1. The number of hydrogen-bond donors (Lipinski definition) is 0. The van der Waals surface area contributed by atoms with Crippen LogP contribution in [0, 0.1) is 6.92 Å². The van der Waals surface area contributed by atoms with Crippen molar-refractivity contribution in [1.82, 2.24) is 0 Å². The summed E-state index contributed by atoms with van der Waals surface area (Å²) in [4.78, 5) is 0.574. The molecule has 0 spiro atoms. The summed E-state index contributed by atoms with van der Waals surface area (Å²) in [7, 11) is 1.59. The number of aryl methyl sites for hydroxylation is 1. The van der Waals surface area contributed by atoms with Gasteiger partial charge in [-0.05, 0) is 89.8 Å². The number of benzene rings is 5. The van der Waals surface area contributed by atoms with E-state index in [0.717, 1.165) is 22.6 Å². The van der Waals surface area contributed by atoms with Gasteiger partial charge in [0, 0.05) is 5.41 Å². The van der Waals surface area contributed by atoms with Crippen molar-refractivity contribution in [2.45, 2.75) is 31.1 Å². The predicted octanol–water partition coefficient (Wildman–Crippen LogP) is 8.89. The van der Waals surface area contributed by atoms with Gasteiger partial charge < -0.3 is 13.7 Å². The maximum absolute atomic E-state index is 12.5. The van der Waals surface area contributed by atoms with Crippen LogP contribution in [0.2, 0.25) is 0 Å². The van der Waals surface area contributed by atoms with Crippen LogP contribution in [0.4, 0.5) is 0 Å². The number of rotatable bonds is 9. The van der Waals surface area contributed by atoms with Crippen molar-refractivity contribution in [2.75, 3.05) is 7.11 Å². The lowest BCUT2D eigenvalue weighted by Crippen LogP contribution is -2.18. The van der Waals surface area contributed by atoms with E-state index in [1.54, 1.807) is 31.4 Å². The van der Waals surface area contributed by atoms with Crippen molar-refractivity contribution in [3.63, 3.8) is 0 Å². The minimum absolute atomic E-state index is 0.0980. The van der Waals surface area contributed by atoms with Gasteiger partial charge in [-0.3, -0.25) is 0 Å². The van der Waals surface area contributed by atoms with E-state index in [9.17, 15) is 4.21 Å². The highest BCUT2D eigenvalue weighted by atomic mass is 32.2. The third-order valence-corrected chi connectivity index (χ3v) is 8.05. The van der Waals surface area contributed by atoms with Gasteiger partial charge in [0.05, 0.1) is 12.0 Å². The molecule has 0 aromatic heterocycles. The van der Waals surface area contributed by atoms with Gasteiger partial charge in [0.25, 0.3) is 0 Å². The summed E-state index contributed by atoms with van der Waals surface area (Å²) in [5.41, 5.74) is 5.76. The summed E-state index contributed by atoms with van der Waals surface area (Å²) in [6, 6.07) is 39.5. The number of hydrogen-bond acceptors (Lipinski definition) is 4. The van der Waals surface area contributed by atoms with Crippen LogP contribution in [0.15, 0.2) is 126 Å². The molecule has 5 aromatic carbocycles. The fraction of sp³-hybridized carbons (Fsp3) is 0.143. The fourth-order valence-electron chi connectivity index (χ4n) is 4.45. The largest absolute Gasteiger partial charge is 0.497 e. The Morgan fingerprint density at radius 3 is 1.48 bits per heavy atom. The first-order valence-corrected chi connectivity index (χ1v) is 14.2. The smallest absolute Gasteiger partial charge is 0.240 e. The standard InChI is InChI=1S/C35H32O4S/c1-25-5-11-28(12-6-25)35(2,3)29-13-19-32(20-14-29)38-31-15-7-26(8-16-31)27-9-17-33(18-10-27)39-40(36)34-23-21-30(37-4)22-24-34/h5-24H,1-4H3. The zero-order chi connectivity index (χ0) is 28.1. The molecule has 0 aliphatic rings. The fourth-order valence-corrected chi connectivity index (χ4v) is 5.19. The maximum Gasteiger partial charge on any atom is 0.240 e. The average molecular weight is 549 g/mol. The van der Waals surface area contributed by atoms with Gasteiger partial charge in [-0.25, -0.2) is 4.21 Å². The third kappa shape index (κ3) is 6.27. The second-order valence-corrected chi connectivity index (χ2v) is 11.3. The molecule has 0 heterocycles. The third-order valence-electron chi connectivity index (χ3n) is 7.05. The quantitative estimate of drug-likeness (QED) is 0.184. The topological polar surface area (TPSA) is 44.8 Å². The van der Waals surface area contributed by atoms with Crippen molar-refractivity contribution < 1.29 is 17.9 Å². The van der Waals surface area contributed by atoms with Crippen LogP contribution in [0.1, 0.15) is 30.5 Å². The van der Waals surface area contributed by atoms with E-state index in [0.29, 0.717) is 16.4 Å². The van der Waals surface area contributed by atoms with Crippen molar-refractivity contribution in [2.24, 2.45) is 0 Å². The van der Waals surface area contributed by atoms with Crippen molar-refractivity contribution in [3.05, 3.63) is 138 Å². The van der Waals surface area contributed by atoms with E-state index in [1.165, 1.54) is 16.7 Å². The highest BCUT2D eigenvalue weighted by Gasteiger charge is 2.23. The lowest BCUT2D eigenvalue weighted by atomic mass is 9.78. The summed E-state index contributed by atoms with van der Waals surface area (Å²) in [5.74, 6) is 2.80. The van der Waals surface area contributed by atoms with Crippen LogP contribution < -0.4 is 13.7 Å². The van der Waals surface area contributed by atoms with Gasteiger partial charge in [-0.1, -0.05) is 80.1 Å². The molecule has 0 fully saturated rings. The Balaban J connectivity index is 1.20. The van der Waals surface area contributed by atoms with Gasteiger partial charge >= 0.3 is 0 Å². The maximum atomic E-state index is 12.5. The lowest BCUT2D eigenvalue weighted by Gasteiger charge is -2.26. The van der Waals surface area contributed by atoms with Gasteiger partial charge in [-0.15, -0.1) is 0 Å². The molecule has 202 valence electrons. The minimum atomic E-state index is -1.61. The lowest BCUT2D eigenvalue weighted by molar-refractivity contribution is 0.414. The summed E-state index contributed by atoms with van der Waals surface area (Å²) >= 11 is -1.61. The average Bonchev–Trinajstić information content (AvgIpc) is 2.98. The van der Waals surface area contributed by atoms with Crippen LogP contribution in [0.5, 0.6) is 23.0 Å². The monoisotopic (exact) mass is 548 g/mol. The zero-order valence-corrected chi connectivity index (χ0v) is 23.9. The van der Waals surface area contributed by atoms with Crippen LogP contribution in [0.3, 0.4) is 0 Å². The van der Waals surface area contributed by atoms with Crippen molar-refractivity contribution in [1.29, 1.82) is 0 Å². The van der Waals surface area contributed by atoms with E-state index in [1.807, 2.05) is 60.7 Å². The Kier molecular flexibility index (Phi) is 8.04. The summed E-state index contributed by atoms with van der Waals surface area (Å²) < 4.78 is 29.4. The molecule has 0 N–H and O–H groups in total. The molecule has 40 heavy (non-hydrogen) atoms. The van der Waals surface area contributed by atoms with Crippen LogP contribution in [-0.4, -0.2) is 11.3 Å². The second kappa shape index (κ2) is 11.8. The van der Waals surface area contributed by atoms with Crippen molar-refractivity contribution in [3.8, 4) is 34.1 Å². The predicted molar refractivity (Wildman–Crippen MR) is 162 cm³/mol. The molecule has 5 rings (SSSR count). The van der Waals surface area contributed by atoms with E-state index < -0.39 is 11.1 Å². The minimum Gasteiger partial charge on any atom is -0.497 e. The van der Waals surface area contributed by atoms with Gasteiger partial charge in [0.15, 0.2) is 0 Å². The first-order chi connectivity index (χ1) is 19.3. The Morgan fingerprint density at radius 1 is 0.550 bits per heavy atom. The molecule has 0 radical (unpaired) electrons. The Labute approximate surface area is 238 Å². The molecule has 5 heteroatoms. The van der Waals surface area contributed by atoms with Gasteiger partial charge in [-0.2, -0.15) is 0 Å². The molecule has 0 saturated carbocycles. The molecular formula is C35H32O4S. The molecular weight excluding hydrogens is 516 g/mol. The Morgan fingerprint density at radius 2 is 0.975 bits per heavy atom. The normalized spacial score (nSPS) is 12.0. The van der Waals surface area contributed by atoms with E-state index in [-0.39, 0.29) is 5.41 Å². The second-order valence-electron chi connectivity index (χ2n) is 10.2. The first kappa shape index (κ1) is 27.2. The van der Waals surface area contributed by atoms with Gasteiger partial charge in [0.2, 0.25) is 11.1 Å². The molecule has 5 aromatic rings. The molecule has 1 unspecified atom stereocenters. The number of ether oxygens (including phenoxy) is 2. The molecule has 0 amide bonds. The van der Waals surface area contributed by atoms with E-state index >= 15 is 0 Å². The molecule has 0 aliphatic heterocycles. The SMILES string of the molecule is COc1ccc(S(=O)Oc2ccc(-c3ccc(Oc4ccc(C(C)(C)c5ccc(C)cc5)cc4)cc3)cc2)cc1. The molecule has 0 aliphatic carbocycles. The molecule has 4 nitrogen and oxygen atoms in total. The summed E-state index contributed by atoms with van der Waals surface area (Å²) in [5, 5.41) is 0.